The maximum Gasteiger partial charge on any atom is 0.248 e. The molecule has 150 valence electrons. The van der Waals surface area contributed by atoms with Crippen LogP contribution in [-0.4, -0.2) is 86.1 Å². The van der Waals surface area contributed by atoms with Crippen LogP contribution >= 0.6 is 0 Å². The van der Waals surface area contributed by atoms with Crippen molar-refractivity contribution < 1.29 is 19.1 Å². The summed E-state index contributed by atoms with van der Waals surface area (Å²) in [4.78, 5) is 30.3. The van der Waals surface area contributed by atoms with Gasteiger partial charge in [-0.3, -0.25) is 14.5 Å². The Labute approximate surface area is 161 Å². The van der Waals surface area contributed by atoms with Gasteiger partial charge >= 0.3 is 0 Å². The average Bonchev–Trinajstić information content (AvgIpc) is 2.79. The van der Waals surface area contributed by atoms with Gasteiger partial charge in [-0.05, 0) is 38.6 Å². The Kier molecular flexibility index (Phi) is 8.06. The van der Waals surface area contributed by atoms with Gasteiger partial charge in [0.15, 0.2) is 0 Å². The van der Waals surface area contributed by atoms with Crippen LogP contribution in [0.4, 0.5) is 0 Å². The highest BCUT2D eigenvalue weighted by atomic mass is 16.5. The Hall–Kier alpha value is -2.12. The van der Waals surface area contributed by atoms with Crippen LogP contribution in [0.25, 0.3) is 0 Å². The van der Waals surface area contributed by atoms with Crippen molar-refractivity contribution in [3.63, 3.8) is 0 Å². The predicted molar refractivity (Wildman–Crippen MR) is 104 cm³/mol. The Morgan fingerprint density at radius 2 is 1.85 bits per heavy atom. The molecule has 0 radical (unpaired) electrons. The highest BCUT2D eigenvalue weighted by Crippen LogP contribution is 2.15. The topological polar surface area (TPSA) is 62.3 Å². The summed E-state index contributed by atoms with van der Waals surface area (Å²) < 4.78 is 11.1. The monoisotopic (exact) mass is 377 g/mol. The standard InChI is InChI=1S/C20H31N3O4/c1-5-22(6-2)20(25)15-27-18-12-21(3)14-19(24)23(13-18)11-16-7-9-17(26-4)10-8-16/h7-10,18H,5-6,11-15H2,1-4H3. The number of ether oxygens (including phenoxy) is 2. The summed E-state index contributed by atoms with van der Waals surface area (Å²) in [5, 5.41) is 0. The van der Waals surface area contributed by atoms with E-state index in [4.69, 9.17) is 9.47 Å². The van der Waals surface area contributed by atoms with Crippen molar-refractivity contribution in [1.82, 2.24) is 14.7 Å². The summed E-state index contributed by atoms with van der Waals surface area (Å²) in [6.45, 7) is 7.26. The van der Waals surface area contributed by atoms with E-state index >= 15 is 0 Å². The van der Waals surface area contributed by atoms with E-state index in [0.717, 1.165) is 11.3 Å². The molecular formula is C20H31N3O4. The Morgan fingerprint density at radius 1 is 1.19 bits per heavy atom. The van der Waals surface area contributed by atoms with Gasteiger partial charge < -0.3 is 19.3 Å². The van der Waals surface area contributed by atoms with Gasteiger partial charge in [0.25, 0.3) is 0 Å². The van der Waals surface area contributed by atoms with Crippen molar-refractivity contribution >= 4 is 11.8 Å². The highest BCUT2D eigenvalue weighted by molar-refractivity contribution is 5.79. The Morgan fingerprint density at radius 3 is 2.44 bits per heavy atom. The third kappa shape index (κ3) is 6.22. The molecule has 1 fully saturated rings. The molecule has 0 saturated carbocycles. The van der Waals surface area contributed by atoms with Gasteiger partial charge in [-0.1, -0.05) is 12.1 Å². The van der Waals surface area contributed by atoms with Crippen LogP contribution in [0.5, 0.6) is 5.75 Å². The first-order valence-corrected chi connectivity index (χ1v) is 9.45. The molecule has 7 nitrogen and oxygen atoms in total. The van der Waals surface area contributed by atoms with Gasteiger partial charge in [0, 0.05) is 32.7 Å². The lowest BCUT2D eigenvalue weighted by molar-refractivity contribution is -0.138. The molecule has 0 spiro atoms. The van der Waals surface area contributed by atoms with Gasteiger partial charge in [0.05, 0.1) is 19.8 Å². The molecule has 0 aliphatic carbocycles. The van der Waals surface area contributed by atoms with Gasteiger partial charge in [-0.2, -0.15) is 0 Å². The summed E-state index contributed by atoms with van der Waals surface area (Å²) in [6.07, 6.45) is -0.195. The molecule has 1 aromatic carbocycles. The van der Waals surface area contributed by atoms with E-state index in [-0.39, 0.29) is 24.5 Å². The molecule has 2 rings (SSSR count). The molecule has 1 aliphatic heterocycles. The van der Waals surface area contributed by atoms with E-state index in [2.05, 4.69) is 0 Å². The third-order valence-electron chi connectivity index (χ3n) is 4.79. The maximum atomic E-state index is 12.6. The molecule has 0 N–H and O–H groups in total. The second-order valence-electron chi connectivity index (χ2n) is 6.82. The van der Waals surface area contributed by atoms with E-state index in [1.165, 1.54) is 0 Å². The number of amides is 2. The van der Waals surface area contributed by atoms with E-state index in [0.29, 0.717) is 39.3 Å². The number of methoxy groups -OCH3 is 1. The minimum atomic E-state index is -0.195. The molecule has 1 heterocycles. The lowest BCUT2D eigenvalue weighted by Crippen LogP contribution is -2.40. The number of rotatable bonds is 8. The Bertz CT molecular complexity index is 616. The largest absolute Gasteiger partial charge is 0.497 e. The van der Waals surface area contributed by atoms with Gasteiger partial charge in [-0.25, -0.2) is 0 Å². The zero-order chi connectivity index (χ0) is 19.8. The average molecular weight is 377 g/mol. The van der Waals surface area contributed by atoms with Crippen molar-refractivity contribution in [2.45, 2.75) is 26.5 Å². The molecule has 1 aliphatic rings. The summed E-state index contributed by atoms with van der Waals surface area (Å²) in [6, 6.07) is 7.70. The van der Waals surface area contributed by atoms with E-state index < -0.39 is 0 Å². The number of nitrogens with zero attached hydrogens (tertiary/aromatic N) is 3. The molecule has 0 aromatic heterocycles. The van der Waals surface area contributed by atoms with Crippen LogP contribution in [0.1, 0.15) is 19.4 Å². The van der Waals surface area contributed by atoms with Gasteiger partial charge in [0.2, 0.25) is 11.8 Å². The number of hydrogen-bond acceptors (Lipinski definition) is 5. The van der Waals surface area contributed by atoms with Crippen LogP contribution in [-0.2, 0) is 20.9 Å². The lowest BCUT2D eigenvalue weighted by Gasteiger charge is -2.26. The minimum Gasteiger partial charge on any atom is -0.497 e. The molecule has 1 atom stereocenters. The number of hydrogen-bond donors (Lipinski definition) is 0. The van der Waals surface area contributed by atoms with Crippen LogP contribution in [0.15, 0.2) is 24.3 Å². The second-order valence-corrected chi connectivity index (χ2v) is 6.82. The molecule has 1 aromatic rings. The molecule has 27 heavy (non-hydrogen) atoms. The molecule has 1 unspecified atom stereocenters. The number of benzene rings is 1. The fraction of sp³-hybridized carbons (Fsp3) is 0.600. The number of carbonyl (C=O) groups excluding carboxylic acids is 2. The van der Waals surface area contributed by atoms with Crippen molar-refractivity contribution in [3.8, 4) is 5.75 Å². The zero-order valence-corrected chi connectivity index (χ0v) is 16.8. The summed E-state index contributed by atoms with van der Waals surface area (Å²) in [5.74, 6) is 0.839. The fourth-order valence-electron chi connectivity index (χ4n) is 3.21. The summed E-state index contributed by atoms with van der Waals surface area (Å²) in [7, 11) is 3.53. The van der Waals surface area contributed by atoms with E-state index in [1.807, 2.05) is 50.1 Å². The second kappa shape index (κ2) is 10.3. The third-order valence-corrected chi connectivity index (χ3v) is 4.79. The minimum absolute atomic E-state index is 0.0140. The summed E-state index contributed by atoms with van der Waals surface area (Å²) in [5.41, 5.74) is 1.03. The first-order valence-electron chi connectivity index (χ1n) is 9.45. The predicted octanol–water partition coefficient (Wildman–Crippen LogP) is 1.22. The van der Waals surface area contributed by atoms with Crippen LogP contribution in [0.2, 0.25) is 0 Å². The smallest absolute Gasteiger partial charge is 0.248 e. The van der Waals surface area contributed by atoms with E-state index in [1.54, 1.807) is 16.9 Å². The first kappa shape index (κ1) is 21.2. The SMILES string of the molecule is CCN(CC)C(=O)COC1CN(C)CC(=O)N(Cc2ccc(OC)cc2)C1. The van der Waals surface area contributed by atoms with Crippen LogP contribution in [0.3, 0.4) is 0 Å². The normalized spacial score (nSPS) is 18.3. The first-order chi connectivity index (χ1) is 13.0. The van der Waals surface area contributed by atoms with Crippen molar-refractivity contribution in [2.75, 3.05) is 53.5 Å². The highest BCUT2D eigenvalue weighted by Gasteiger charge is 2.27. The number of likely N-dealkylation sites (N-methyl/N-ethyl adjacent to an activating group) is 2. The van der Waals surface area contributed by atoms with E-state index in [9.17, 15) is 9.59 Å². The maximum absolute atomic E-state index is 12.6. The molecule has 7 heteroatoms. The molecule has 2 amide bonds. The summed E-state index contributed by atoms with van der Waals surface area (Å²) >= 11 is 0. The molecular weight excluding hydrogens is 346 g/mol. The van der Waals surface area contributed by atoms with Gasteiger partial charge in [0.1, 0.15) is 12.4 Å². The molecule has 0 bridgehead atoms. The van der Waals surface area contributed by atoms with Crippen LogP contribution in [0, 0.1) is 0 Å². The van der Waals surface area contributed by atoms with Crippen molar-refractivity contribution in [1.29, 1.82) is 0 Å². The Balaban J connectivity index is 1.99. The lowest BCUT2D eigenvalue weighted by atomic mass is 10.2. The van der Waals surface area contributed by atoms with Crippen molar-refractivity contribution in [3.05, 3.63) is 29.8 Å². The molecule has 1 saturated heterocycles. The quantitative estimate of drug-likeness (QED) is 0.682. The van der Waals surface area contributed by atoms with Crippen molar-refractivity contribution in [2.24, 2.45) is 0 Å². The number of carbonyl (C=O) groups is 2. The fourth-order valence-corrected chi connectivity index (χ4v) is 3.21. The van der Waals surface area contributed by atoms with Gasteiger partial charge in [-0.15, -0.1) is 0 Å². The zero-order valence-electron chi connectivity index (χ0n) is 16.8. The van der Waals surface area contributed by atoms with Crippen LogP contribution < -0.4 is 4.74 Å².